The summed E-state index contributed by atoms with van der Waals surface area (Å²) >= 11 is 4.47. The van der Waals surface area contributed by atoms with Gasteiger partial charge in [-0.2, -0.15) is 0 Å². The molecule has 0 heterocycles. The van der Waals surface area contributed by atoms with Crippen LogP contribution in [-0.4, -0.2) is 4.99 Å². The normalized spacial score (nSPS) is 7.00. The summed E-state index contributed by atoms with van der Waals surface area (Å²) in [7, 11) is 0. The van der Waals surface area contributed by atoms with Gasteiger partial charge in [-0.05, 0) is 6.42 Å². The zero-order valence-corrected chi connectivity index (χ0v) is 9.47. The Labute approximate surface area is 87.0 Å². The number of benzene rings is 1. The molecule has 0 spiro atoms. The summed E-state index contributed by atoms with van der Waals surface area (Å²) in [6, 6.07) is 12.0. The minimum absolute atomic E-state index is 0.588. The van der Waals surface area contributed by atoms with Crippen LogP contribution in [0.1, 0.15) is 27.2 Å². The average molecular weight is 197 g/mol. The van der Waals surface area contributed by atoms with Gasteiger partial charge in [0.1, 0.15) is 0 Å². The van der Waals surface area contributed by atoms with Gasteiger partial charge >= 0.3 is 0 Å². The smallest absolute Gasteiger partial charge is 0.0724 e. The van der Waals surface area contributed by atoms with Gasteiger partial charge in [-0.15, -0.1) is 0 Å². The number of rotatable bonds is 1. The lowest BCUT2D eigenvalue weighted by Crippen LogP contribution is -2.03. The summed E-state index contributed by atoms with van der Waals surface area (Å²) < 4.78 is 0. The molecule has 0 aliphatic carbocycles. The van der Waals surface area contributed by atoms with Crippen LogP contribution in [0.15, 0.2) is 36.4 Å². The van der Waals surface area contributed by atoms with E-state index in [0.717, 1.165) is 6.42 Å². The van der Waals surface area contributed by atoms with Crippen LogP contribution in [0.25, 0.3) is 0 Å². The molecule has 0 aliphatic heterocycles. The molecule has 1 aromatic carbocycles. The maximum atomic E-state index is 5.02. The van der Waals surface area contributed by atoms with Gasteiger partial charge in [-0.3, -0.25) is 0 Å². The zero-order valence-electron chi connectivity index (χ0n) is 8.66. The molecule has 1 nitrogen and oxygen atoms in total. The fraction of sp³-hybridized carbons (Fsp3) is 0.364. The lowest BCUT2D eigenvalue weighted by atomic mass is 10.4. The Kier molecular flexibility index (Phi) is 15.4. The fourth-order valence-corrected chi connectivity index (χ4v) is 0.385. The van der Waals surface area contributed by atoms with Crippen LogP contribution in [0.5, 0.6) is 0 Å². The van der Waals surface area contributed by atoms with Gasteiger partial charge in [-0.1, -0.05) is 69.4 Å². The van der Waals surface area contributed by atoms with Crippen LogP contribution in [-0.2, 0) is 0 Å². The van der Waals surface area contributed by atoms with Gasteiger partial charge < -0.3 is 5.73 Å². The molecule has 74 valence electrons. The van der Waals surface area contributed by atoms with Crippen molar-refractivity contribution in [2.45, 2.75) is 27.2 Å². The van der Waals surface area contributed by atoms with Crippen LogP contribution in [0.3, 0.4) is 0 Å². The Hall–Kier alpha value is -0.890. The predicted molar refractivity (Wildman–Crippen MR) is 64.9 cm³/mol. The molecule has 0 bridgehead atoms. The number of hydrogen-bond acceptors (Lipinski definition) is 1. The Morgan fingerprint density at radius 1 is 1.00 bits per heavy atom. The van der Waals surface area contributed by atoms with Crippen molar-refractivity contribution in [1.29, 1.82) is 0 Å². The third-order valence-corrected chi connectivity index (χ3v) is 1.30. The highest BCUT2D eigenvalue weighted by Crippen LogP contribution is 1.79. The highest BCUT2D eigenvalue weighted by atomic mass is 32.1. The van der Waals surface area contributed by atoms with Crippen LogP contribution >= 0.6 is 12.2 Å². The highest BCUT2D eigenvalue weighted by molar-refractivity contribution is 7.80. The largest absolute Gasteiger partial charge is 0.393 e. The monoisotopic (exact) mass is 197 g/mol. The van der Waals surface area contributed by atoms with Crippen molar-refractivity contribution in [1.82, 2.24) is 0 Å². The quantitative estimate of drug-likeness (QED) is 0.698. The van der Waals surface area contributed by atoms with E-state index in [1.807, 2.05) is 57.2 Å². The fourth-order valence-electron chi connectivity index (χ4n) is 0.385. The Balaban J connectivity index is 0. The second-order valence-electron chi connectivity index (χ2n) is 1.97. The van der Waals surface area contributed by atoms with Crippen molar-refractivity contribution < 1.29 is 0 Å². The lowest BCUT2D eigenvalue weighted by molar-refractivity contribution is 1.29. The number of thiocarbonyl (C=S) groups is 1. The van der Waals surface area contributed by atoms with Crippen molar-refractivity contribution >= 4 is 17.2 Å². The molecule has 1 rings (SSSR count). The molecule has 2 heteroatoms. The summed E-state index contributed by atoms with van der Waals surface area (Å²) in [6.45, 7) is 5.93. The maximum Gasteiger partial charge on any atom is 0.0724 e. The molecular weight excluding hydrogens is 178 g/mol. The van der Waals surface area contributed by atoms with Gasteiger partial charge in [-0.25, -0.2) is 0 Å². The number of nitrogens with two attached hydrogens (primary N) is 1. The number of hydrogen-bond donors (Lipinski definition) is 1. The van der Waals surface area contributed by atoms with E-state index in [4.69, 9.17) is 5.73 Å². The SMILES string of the molecule is CC.CCC(N)=S.c1ccccc1. The molecule has 0 fully saturated rings. The minimum atomic E-state index is 0.588. The zero-order chi connectivity index (χ0) is 10.5. The topological polar surface area (TPSA) is 26.0 Å². The Bertz CT molecular complexity index is 158. The van der Waals surface area contributed by atoms with E-state index in [2.05, 4.69) is 12.2 Å². The first-order valence-corrected chi connectivity index (χ1v) is 4.96. The summed E-state index contributed by atoms with van der Waals surface area (Å²) in [4.78, 5) is 0.588. The summed E-state index contributed by atoms with van der Waals surface area (Å²) in [5.41, 5.74) is 5.02. The van der Waals surface area contributed by atoms with Gasteiger partial charge in [0.05, 0.1) is 4.99 Å². The second kappa shape index (κ2) is 13.7. The molecule has 0 radical (unpaired) electrons. The molecule has 0 atom stereocenters. The first kappa shape index (κ1) is 14.6. The van der Waals surface area contributed by atoms with Crippen LogP contribution in [0.2, 0.25) is 0 Å². The van der Waals surface area contributed by atoms with Crippen LogP contribution in [0.4, 0.5) is 0 Å². The minimum Gasteiger partial charge on any atom is -0.393 e. The molecule has 0 unspecified atom stereocenters. The molecule has 13 heavy (non-hydrogen) atoms. The second-order valence-corrected chi connectivity index (χ2v) is 2.50. The van der Waals surface area contributed by atoms with Crippen molar-refractivity contribution in [3.8, 4) is 0 Å². The van der Waals surface area contributed by atoms with Crippen molar-refractivity contribution in [2.75, 3.05) is 0 Å². The lowest BCUT2D eigenvalue weighted by Gasteiger charge is -1.78. The molecular formula is C11H19NS. The van der Waals surface area contributed by atoms with E-state index in [1.54, 1.807) is 0 Å². The van der Waals surface area contributed by atoms with E-state index >= 15 is 0 Å². The van der Waals surface area contributed by atoms with Crippen LogP contribution < -0.4 is 5.73 Å². The maximum absolute atomic E-state index is 5.02. The summed E-state index contributed by atoms with van der Waals surface area (Å²) in [5.74, 6) is 0. The van der Waals surface area contributed by atoms with E-state index < -0.39 is 0 Å². The Morgan fingerprint density at radius 3 is 1.23 bits per heavy atom. The first-order valence-electron chi connectivity index (χ1n) is 4.55. The van der Waals surface area contributed by atoms with Gasteiger partial charge in [0.25, 0.3) is 0 Å². The van der Waals surface area contributed by atoms with Gasteiger partial charge in [0, 0.05) is 0 Å². The van der Waals surface area contributed by atoms with E-state index in [-0.39, 0.29) is 0 Å². The molecule has 2 N–H and O–H groups in total. The predicted octanol–water partition coefficient (Wildman–Crippen LogP) is 3.40. The van der Waals surface area contributed by atoms with E-state index in [1.165, 1.54) is 0 Å². The molecule has 0 amide bonds. The van der Waals surface area contributed by atoms with Crippen LogP contribution in [0, 0.1) is 0 Å². The molecule has 0 saturated heterocycles. The summed E-state index contributed by atoms with van der Waals surface area (Å²) in [6.07, 6.45) is 0.815. The summed E-state index contributed by atoms with van der Waals surface area (Å²) in [5, 5.41) is 0. The van der Waals surface area contributed by atoms with Gasteiger partial charge in [0.2, 0.25) is 0 Å². The first-order chi connectivity index (χ1) is 6.27. The molecule has 1 aromatic rings. The third kappa shape index (κ3) is 18.2. The molecule has 0 aromatic heterocycles. The van der Waals surface area contributed by atoms with E-state index in [9.17, 15) is 0 Å². The molecule has 0 aliphatic rings. The van der Waals surface area contributed by atoms with Gasteiger partial charge in [0.15, 0.2) is 0 Å². The Morgan fingerprint density at radius 2 is 1.15 bits per heavy atom. The van der Waals surface area contributed by atoms with Crippen molar-refractivity contribution in [3.63, 3.8) is 0 Å². The van der Waals surface area contributed by atoms with Crippen molar-refractivity contribution in [3.05, 3.63) is 36.4 Å². The average Bonchev–Trinajstić information content (AvgIpc) is 2.24. The third-order valence-electron chi connectivity index (χ3n) is 1.02. The van der Waals surface area contributed by atoms with Crippen molar-refractivity contribution in [2.24, 2.45) is 5.73 Å². The standard InChI is InChI=1S/C6H6.C3H7NS.C2H6/c1-2-4-6-5-3-1;1-2-3(4)5;1-2/h1-6H;2H2,1H3,(H2,4,5);1-2H3. The molecule has 0 saturated carbocycles. The van der Waals surface area contributed by atoms with E-state index in [0.29, 0.717) is 4.99 Å². The highest BCUT2D eigenvalue weighted by Gasteiger charge is 1.71.